The molecule has 0 spiro atoms. The van der Waals surface area contributed by atoms with Crippen LogP contribution < -0.4 is 14.2 Å². The highest BCUT2D eigenvalue weighted by molar-refractivity contribution is 5.97. The molecule has 0 aromatic heterocycles. The molecule has 0 aliphatic heterocycles. The Morgan fingerprint density at radius 1 is 0.900 bits per heavy atom. The topological polar surface area (TPSA) is 68.5 Å². The Morgan fingerprint density at radius 3 is 2.23 bits per heavy atom. The molecule has 3 aromatic carbocycles. The SMILES string of the molecule is COc1ccc(C(C#N)=Cc2ccc(OCC(=O)c3ccccc3)cc2)cc1OC. The van der Waals surface area contributed by atoms with Crippen molar-refractivity contribution >= 4 is 17.4 Å². The van der Waals surface area contributed by atoms with Gasteiger partial charge in [0, 0.05) is 5.56 Å². The van der Waals surface area contributed by atoms with Crippen molar-refractivity contribution in [1.29, 1.82) is 5.26 Å². The second-order valence-corrected chi connectivity index (χ2v) is 6.39. The van der Waals surface area contributed by atoms with E-state index in [0.29, 0.717) is 28.4 Å². The molecule has 0 heterocycles. The second kappa shape index (κ2) is 9.94. The maximum Gasteiger partial charge on any atom is 0.200 e. The molecule has 30 heavy (non-hydrogen) atoms. The van der Waals surface area contributed by atoms with Crippen molar-refractivity contribution in [1.82, 2.24) is 0 Å². The molecule has 5 heteroatoms. The zero-order valence-electron chi connectivity index (χ0n) is 16.8. The molecule has 0 aliphatic rings. The second-order valence-electron chi connectivity index (χ2n) is 6.39. The van der Waals surface area contributed by atoms with Crippen LogP contribution in [0.4, 0.5) is 0 Å². The molecular formula is C25H21NO4. The van der Waals surface area contributed by atoms with Crippen LogP contribution in [0.3, 0.4) is 0 Å². The minimum absolute atomic E-state index is 0.0334. The highest BCUT2D eigenvalue weighted by atomic mass is 16.5. The molecule has 0 unspecified atom stereocenters. The summed E-state index contributed by atoms with van der Waals surface area (Å²) in [7, 11) is 3.12. The molecule has 3 rings (SSSR count). The number of allylic oxidation sites excluding steroid dienone is 1. The molecule has 150 valence electrons. The molecule has 0 amide bonds. The summed E-state index contributed by atoms with van der Waals surface area (Å²) in [6.45, 7) is -0.0334. The van der Waals surface area contributed by atoms with Gasteiger partial charge < -0.3 is 14.2 Å². The lowest BCUT2D eigenvalue weighted by atomic mass is 10.0. The van der Waals surface area contributed by atoms with E-state index in [9.17, 15) is 10.1 Å². The average Bonchev–Trinajstić information content (AvgIpc) is 2.81. The van der Waals surface area contributed by atoms with Crippen molar-refractivity contribution < 1.29 is 19.0 Å². The first-order valence-corrected chi connectivity index (χ1v) is 9.30. The van der Waals surface area contributed by atoms with E-state index in [1.54, 1.807) is 56.7 Å². The number of carbonyl (C=O) groups excluding carboxylic acids is 1. The summed E-state index contributed by atoms with van der Waals surface area (Å²) in [4.78, 5) is 12.1. The first-order chi connectivity index (χ1) is 14.6. The Labute approximate surface area is 175 Å². The number of hydrogen-bond donors (Lipinski definition) is 0. The Kier molecular flexibility index (Phi) is 6.86. The van der Waals surface area contributed by atoms with E-state index in [1.165, 1.54) is 0 Å². The van der Waals surface area contributed by atoms with Gasteiger partial charge in [-0.05, 0) is 47.5 Å². The Morgan fingerprint density at radius 2 is 1.60 bits per heavy atom. The maximum absolute atomic E-state index is 12.1. The third kappa shape index (κ3) is 5.06. The molecule has 0 atom stereocenters. The molecule has 0 bridgehead atoms. The van der Waals surface area contributed by atoms with Crippen LogP contribution in [0.1, 0.15) is 21.5 Å². The van der Waals surface area contributed by atoms with Gasteiger partial charge in [-0.25, -0.2) is 0 Å². The molecule has 3 aromatic rings. The number of Topliss-reactive ketones (excluding diaryl/α,β-unsaturated/α-hetero) is 1. The number of rotatable bonds is 8. The number of ether oxygens (including phenoxy) is 3. The number of methoxy groups -OCH3 is 2. The van der Waals surface area contributed by atoms with E-state index in [-0.39, 0.29) is 12.4 Å². The standard InChI is InChI=1S/C25H21NO4/c1-28-24-13-10-20(15-25(24)29-2)21(16-26)14-18-8-11-22(12-9-18)30-17-23(27)19-6-4-3-5-7-19/h3-15H,17H2,1-2H3. The predicted octanol–water partition coefficient (Wildman–Crippen LogP) is 5.03. The zero-order chi connectivity index (χ0) is 21.3. The largest absolute Gasteiger partial charge is 0.493 e. The highest BCUT2D eigenvalue weighted by Gasteiger charge is 2.09. The number of benzene rings is 3. The fourth-order valence-electron chi connectivity index (χ4n) is 2.87. The lowest BCUT2D eigenvalue weighted by Gasteiger charge is -2.09. The van der Waals surface area contributed by atoms with Crippen molar-refractivity contribution in [3.63, 3.8) is 0 Å². The van der Waals surface area contributed by atoms with Crippen LogP contribution in [0.15, 0.2) is 72.8 Å². The Hall–Kier alpha value is -4.04. The molecule has 0 aliphatic carbocycles. The number of nitrogens with zero attached hydrogens (tertiary/aromatic N) is 1. The zero-order valence-corrected chi connectivity index (χ0v) is 16.8. The van der Waals surface area contributed by atoms with Crippen LogP contribution in [-0.4, -0.2) is 26.6 Å². The minimum atomic E-state index is -0.0835. The van der Waals surface area contributed by atoms with E-state index in [0.717, 1.165) is 11.1 Å². The van der Waals surface area contributed by atoms with E-state index >= 15 is 0 Å². The first kappa shape index (κ1) is 20.7. The average molecular weight is 399 g/mol. The van der Waals surface area contributed by atoms with Gasteiger partial charge in [-0.15, -0.1) is 0 Å². The molecule has 0 radical (unpaired) electrons. The van der Waals surface area contributed by atoms with Crippen molar-refractivity contribution in [2.45, 2.75) is 0 Å². The first-order valence-electron chi connectivity index (χ1n) is 9.30. The van der Waals surface area contributed by atoms with Gasteiger partial charge in [0.15, 0.2) is 23.9 Å². The van der Waals surface area contributed by atoms with Crippen LogP contribution in [0.5, 0.6) is 17.2 Å². The van der Waals surface area contributed by atoms with Crippen LogP contribution in [-0.2, 0) is 0 Å². The maximum atomic E-state index is 12.1. The monoisotopic (exact) mass is 399 g/mol. The normalized spacial score (nSPS) is 10.8. The summed E-state index contributed by atoms with van der Waals surface area (Å²) in [5.74, 6) is 1.66. The lowest BCUT2D eigenvalue weighted by molar-refractivity contribution is 0.0921. The summed E-state index contributed by atoms with van der Waals surface area (Å²) < 4.78 is 16.1. The third-order valence-electron chi connectivity index (χ3n) is 4.47. The molecule has 0 fully saturated rings. The summed E-state index contributed by atoms with van der Waals surface area (Å²) in [5.41, 5.74) is 2.67. The van der Waals surface area contributed by atoms with Gasteiger partial charge in [-0.1, -0.05) is 42.5 Å². The molecule has 5 nitrogen and oxygen atoms in total. The smallest absolute Gasteiger partial charge is 0.200 e. The summed E-state index contributed by atoms with van der Waals surface area (Å²) >= 11 is 0. The summed E-state index contributed by atoms with van der Waals surface area (Å²) in [5, 5.41) is 9.59. The number of hydrogen-bond acceptors (Lipinski definition) is 5. The van der Waals surface area contributed by atoms with Crippen LogP contribution in [0, 0.1) is 11.3 Å². The Bertz CT molecular complexity index is 1080. The minimum Gasteiger partial charge on any atom is -0.493 e. The van der Waals surface area contributed by atoms with Gasteiger partial charge in [-0.2, -0.15) is 5.26 Å². The Balaban J connectivity index is 1.71. The fraction of sp³-hybridized carbons (Fsp3) is 0.120. The van der Waals surface area contributed by atoms with Crippen molar-refractivity contribution in [2.24, 2.45) is 0 Å². The van der Waals surface area contributed by atoms with E-state index in [2.05, 4.69) is 6.07 Å². The van der Waals surface area contributed by atoms with Crippen molar-refractivity contribution in [3.8, 4) is 23.3 Å². The number of nitriles is 1. The van der Waals surface area contributed by atoms with Gasteiger partial charge >= 0.3 is 0 Å². The summed E-state index contributed by atoms with van der Waals surface area (Å²) in [6.07, 6.45) is 1.78. The van der Waals surface area contributed by atoms with Gasteiger partial charge in [0.2, 0.25) is 0 Å². The van der Waals surface area contributed by atoms with Crippen LogP contribution in [0.25, 0.3) is 11.6 Å². The fourth-order valence-corrected chi connectivity index (χ4v) is 2.87. The van der Waals surface area contributed by atoms with Crippen molar-refractivity contribution in [3.05, 3.63) is 89.5 Å². The van der Waals surface area contributed by atoms with Crippen molar-refractivity contribution in [2.75, 3.05) is 20.8 Å². The molecule has 0 saturated carbocycles. The van der Waals surface area contributed by atoms with Crippen LogP contribution in [0.2, 0.25) is 0 Å². The number of ketones is 1. The molecular weight excluding hydrogens is 378 g/mol. The quantitative estimate of drug-likeness (QED) is 0.302. The molecule has 0 N–H and O–H groups in total. The van der Waals surface area contributed by atoms with Gasteiger partial charge in [0.05, 0.1) is 25.9 Å². The predicted molar refractivity (Wildman–Crippen MR) is 116 cm³/mol. The lowest BCUT2D eigenvalue weighted by Crippen LogP contribution is -2.11. The highest BCUT2D eigenvalue weighted by Crippen LogP contribution is 2.31. The molecule has 0 saturated heterocycles. The third-order valence-corrected chi connectivity index (χ3v) is 4.47. The van der Waals surface area contributed by atoms with Crippen LogP contribution >= 0.6 is 0 Å². The van der Waals surface area contributed by atoms with E-state index in [1.807, 2.05) is 36.4 Å². The van der Waals surface area contributed by atoms with E-state index < -0.39 is 0 Å². The van der Waals surface area contributed by atoms with E-state index in [4.69, 9.17) is 14.2 Å². The number of carbonyl (C=O) groups is 1. The summed E-state index contributed by atoms with van der Waals surface area (Å²) in [6, 6.07) is 23.8. The van der Waals surface area contributed by atoms with Gasteiger partial charge in [0.25, 0.3) is 0 Å². The van der Waals surface area contributed by atoms with Gasteiger partial charge in [-0.3, -0.25) is 4.79 Å². The van der Waals surface area contributed by atoms with Gasteiger partial charge in [0.1, 0.15) is 5.75 Å².